The van der Waals surface area contributed by atoms with Crippen molar-refractivity contribution < 1.29 is 0 Å². The number of halogens is 1. The minimum atomic E-state index is -0.0869. The van der Waals surface area contributed by atoms with Crippen LogP contribution < -0.4 is 5.56 Å². The van der Waals surface area contributed by atoms with E-state index in [9.17, 15) is 4.79 Å². The first-order valence-corrected chi connectivity index (χ1v) is 6.88. The molecule has 0 aromatic carbocycles. The Morgan fingerprint density at radius 1 is 1.35 bits per heavy atom. The maximum absolute atomic E-state index is 12.0. The minimum absolute atomic E-state index is 0.0869. The van der Waals surface area contributed by atoms with E-state index in [1.807, 2.05) is 18.4 Å². The lowest BCUT2D eigenvalue weighted by Crippen LogP contribution is -2.21. The second-order valence-electron chi connectivity index (χ2n) is 3.36. The maximum atomic E-state index is 12.0. The molecule has 17 heavy (non-hydrogen) atoms. The van der Waals surface area contributed by atoms with Crippen molar-refractivity contribution in [2.75, 3.05) is 6.26 Å². The zero-order chi connectivity index (χ0) is 12.4. The molecule has 0 radical (unpaired) electrons. The maximum Gasteiger partial charge on any atom is 0.268 e. The highest BCUT2D eigenvalue weighted by molar-refractivity contribution is 9.10. The second kappa shape index (κ2) is 5.01. The summed E-state index contributed by atoms with van der Waals surface area (Å²) in [6.45, 7) is 0. The van der Waals surface area contributed by atoms with Crippen molar-refractivity contribution in [3.8, 4) is 11.3 Å². The van der Waals surface area contributed by atoms with E-state index in [1.54, 1.807) is 19.4 Å². The van der Waals surface area contributed by atoms with Gasteiger partial charge in [0.2, 0.25) is 0 Å². The molecule has 4 nitrogen and oxygen atoms in total. The fourth-order valence-corrected chi connectivity index (χ4v) is 2.56. The molecule has 0 unspecified atom stereocenters. The van der Waals surface area contributed by atoms with Crippen molar-refractivity contribution in [2.45, 2.75) is 5.16 Å². The van der Waals surface area contributed by atoms with Crippen LogP contribution in [0.2, 0.25) is 0 Å². The molecule has 0 N–H and O–H groups in total. The summed E-state index contributed by atoms with van der Waals surface area (Å²) in [5, 5.41) is 0.685. The Kier molecular flexibility index (Phi) is 3.63. The summed E-state index contributed by atoms with van der Waals surface area (Å²) >= 11 is 4.75. The molecular weight excluding hydrogens is 302 g/mol. The molecule has 0 aliphatic carbocycles. The van der Waals surface area contributed by atoms with Crippen LogP contribution >= 0.6 is 27.7 Å². The summed E-state index contributed by atoms with van der Waals surface area (Å²) in [6.07, 6.45) is 5.26. The highest BCUT2D eigenvalue weighted by Crippen LogP contribution is 2.24. The predicted molar refractivity (Wildman–Crippen MR) is 72.2 cm³/mol. The monoisotopic (exact) mass is 311 g/mol. The van der Waals surface area contributed by atoms with Gasteiger partial charge >= 0.3 is 0 Å². The third kappa shape index (κ3) is 2.28. The zero-order valence-corrected chi connectivity index (χ0v) is 11.7. The van der Waals surface area contributed by atoms with Crippen LogP contribution in [0, 0.1) is 0 Å². The van der Waals surface area contributed by atoms with E-state index in [0.29, 0.717) is 15.3 Å². The van der Waals surface area contributed by atoms with E-state index in [-0.39, 0.29) is 5.56 Å². The van der Waals surface area contributed by atoms with Crippen LogP contribution in [0.25, 0.3) is 11.3 Å². The SMILES string of the molecule is CSc1nc(-c2ccncc2)c(Br)c(=O)n1C. The molecular formula is C11H10BrN3OS. The molecule has 0 amide bonds. The van der Waals surface area contributed by atoms with E-state index in [1.165, 1.54) is 16.3 Å². The van der Waals surface area contributed by atoms with Gasteiger partial charge < -0.3 is 0 Å². The molecule has 0 aliphatic heterocycles. The first-order chi connectivity index (χ1) is 8.15. The highest BCUT2D eigenvalue weighted by atomic mass is 79.9. The Balaban J connectivity index is 2.72. The second-order valence-corrected chi connectivity index (χ2v) is 4.93. The number of nitrogens with zero attached hydrogens (tertiary/aromatic N) is 3. The van der Waals surface area contributed by atoms with E-state index in [0.717, 1.165) is 5.56 Å². The van der Waals surface area contributed by atoms with Crippen molar-refractivity contribution in [1.29, 1.82) is 0 Å². The quantitative estimate of drug-likeness (QED) is 0.631. The van der Waals surface area contributed by atoms with Crippen LogP contribution in [0.3, 0.4) is 0 Å². The van der Waals surface area contributed by atoms with Gasteiger partial charge in [-0.15, -0.1) is 0 Å². The van der Waals surface area contributed by atoms with E-state index in [2.05, 4.69) is 25.9 Å². The summed E-state index contributed by atoms with van der Waals surface area (Å²) in [5.74, 6) is 0. The molecule has 0 bridgehead atoms. The fourth-order valence-electron chi connectivity index (χ4n) is 1.44. The molecule has 0 aliphatic rings. The molecule has 6 heteroatoms. The molecule has 2 aromatic heterocycles. The van der Waals surface area contributed by atoms with Crippen LogP contribution in [-0.2, 0) is 7.05 Å². The standard InChI is InChI=1S/C11H10BrN3OS/c1-15-10(16)8(12)9(14-11(15)17-2)7-3-5-13-6-4-7/h3-6H,1-2H3. The van der Waals surface area contributed by atoms with Crippen molar-refractivity contribution in [2.24, 2.45) is 7.05 Å². The van der Waals surface area contributed by atoms with Crippen LogP contribution in [-0.4, -0.2) is 20.8 Å². The van der Waals surface area contributed by atoms with Crippen molar-refractivity contribution in [1.82, 2.24) is 14.5 Å². The number of rotatable bonds is 2. The van der Waals surface area contributed by atoms with Crippen LogP contribution in [0.15, 0.2) is 39.0 Å². The van der Waals surface area contributed by atoms with Gasteiger partial charge in [-0.25, -0.2) is 4.98 Å². The van der Waals surface area contributed by atoms with Crippen LogP contribution in [0.5, 0.6) is 0 Å². The lowest BCUT2D eigenvalue weighted by Gasteiger charge is -2.09. The smallest absolute Gasteiger partial charge is 0.268 e. The Hall–Kier alpha value is -1.14. The molecule has 0 spiro atoms. The van der Waals surface area contributed by atoms with Gasteiger partial charge in [-0.1, -0.05) is 11.8 Å². The third-order valence-corrected chi connectivity index (χ3v) is 3.78. The van der Waals surface area contributed by atoms with Gasteiger partial charge in [0, 0.05) is 25.0 Å². The molecule has 0 atom stereocenters. The number of hydrogen-bond donors (Lipinski definition) is 0. The third-order valence-electron chi connectivity index (χ3n) is 2.33. The summed E-state index contributed by atoms with van der Waals surface area (Å²) < 4.78 is 2.00. The molecule has 0 fully saturated rings. The molecule has 88 valence electrons. The van der Waals surface area contributed by atoms with Gasteiger partial charge in [0.05, 0.1) is 5.69 Å². The number of pyridine rings is 1. The Labute approximate surface area is 111 Å². The lowest BCUT2D eigenvalue weighted by molar-refractivity contribution is 0.707. The average molecular weight is 312 g/mol. The largest absolute Gasteiger partial charge is 0.290 e. The average Bonchev–Trinajstić information content (AvgIpc) is 2.37. The summed E-state index contributed by atoms with van der Waals surface area (Å²) in [7, 11) is 1.71. The van der Waals surface area contributed by atoms with Crippen molar-refractivity contribution in [3.63, 3.8) is 0 Å². The lowest BCUT2D eigenvalue weighted by atomic mass is 10.2. The van der Waals surface area contributed by atoms with Crippen molar-refractivity contribution in [3.05, 3.63) is 39.4 Å². The summed E-state index contributed by atoms with van der Waals surface area (Å²) in [4.78, 5) is 20.4. The first kappa shape index (κ1) is 12.3. The van der Waals surface area contributed by atoms with Crippen molar-refractivity contribution >= 4 is 27.7 Å². The Morgan fingerprint density at radius 3 is 2.59 bits per heavy atom. The first-order valence-electron chi connectivity index (χ1n) is 4.86. The molecule has 2 heterocycles. The molecule has 0 saturated carbocycles. The van der Waals surface area contributed by atoms with Crippen LogP contribution in [0.1, 0.15) is 0 Å². The zero-order valence-electron chi connectivity index (χ0n) is 9.35. The van der Waals surface area contributed by atoms with E-state index in [4.69, 9.17) is 0 Å². The number of hydrogen-bond acceptors (Lipinski definition) is 4. The van der Waals surface area contributed by atoms with Gasteiger partial charge in [-0.3, -0.25) is 14.3 Å². The fraction of sp³-hybridized carbons (Fsp3) is 0.182. The Morgan fingerprint density at radius 2 is 2.00 bits per heavy atom. The topological polar surface area (TPSA) is 47.8 Å². The normalized spacial score (nSPS) is 10.5. The Bertz CT molecular complexity index is 598. The number of aromatic nitrogens is 3. The van der Waals surface area contributed by atoms with Gasteiger partial charge in [0.1, 0.15) is 4.47 Å². The van der Waals surface area contributed by atoms with Gasteiger partial charge in [-0.05, 0) is 34.3 Å². The summed E-state index contributed by atoms with van der Waals surface area (Å²) in [6, 6.07) is 3.66. The summed E-state index contributed by atoms with van der Waals surface area (Å²) in [5.41, 5.74) is 1.44. The predicted octanol–water partition coefficient (Wildman–Crippen LogP) is 2.33. The molecule has 0 saturated heterocycles. The van der Waals surface area contributed by atoms with E-state index >= 15 is 0 Å². The minimum Gasteiger partial charge on any atom is -0.290 e. The number of thioether (sulfide) groups is 1. The van der Waals surface area contributed by atoms with Gasteiger partial charge in [-0.2, -0.15) is 0 Å². The van der Waals surface area contributed by atoms with Gasteiger partial charge in [0.25, 0.3) is 5.56 Å². The van der Waals surface area contributed by atoms with E-state index < -0.39 is 0 Å². The van der Waals surface area contributed by atoms with Crippen LogP contribution in [0.4, 0.5) is 0 Å². The molecule has 2 rings (SSSR count). The van der Waals surface area contributed by atoms with Gasteiger partial charge in [0.15, 0.2) is 5.16 Å². The highest BCUT2D eigenvalue weighted by Gasteiger charge is 2.13. The molecule has 2 aromatic rings.